The van der Waals surface area contributed by atoms with Crippen LogP contribution >= 0.6 is 81.2 Å². The quantitative estimate of drug-likeness (QED) is 0.0251. The van der Waals surface area contributed by atoms with Crippen molar-refractivity contribution in [2.45, 2.75) is 85.0 Å². The van der Waals surface area contributed by atoms with E-state index in [4.69, 9.17) is 114 Å². The summed E-state index contributed by atoms with van der Waals surface area (Å²) in [7, 11) is -2.33. The van der Waals surface area contributed by atoms with Gasteiger partial charge < -0.3 is 49.0 Å². The second kappa shape index (κ2) is 25.5. The number of sulfone groups is 1. The number of nitrogens with zero attached hydrogens (tertiary/aromatic N) is 1. The fourth-order valence-electron chi connectivity index (χ4n) is 6.65. The van der Waals surface area contributed by atoms with E-state index in [-0.39, 0.29) is 37.7 Å². The maximum atomic E-state index is 13.5. The van der Waals surface area contributed by atoms with Crippen molar-refractivity contribution in [2.75, 3.05) is 26.1 Å². The van der Waals surface area contributed by atoms with Crippen molar-refractivity contribution in [3.8, 4) is 5.75 Å². The minimum atomic E-state index is -3.75. The molecule has 16 nitrogen and oxygen atoms in total. The Kier molecular flexibility index (Phi) is 20.8. The number of aliphatic hydroxyl groups is 1. The monoisotopic (exact) mass is 1110 g/mol. The zero-order chi connectivity index (χ0) is 50.6. The topological polar surface area (TPSA) is 207 Å². The highest BCUT2D eigenvalue weighted by Crippen LogP contribution is 2.44. The predicted molar refractivity (Wildman–Crippen MR) is 261 cm³/mol. The van der Waals surface area contributed by atoms with Gasteiger partial charge in [-0.1, -0.05) is 136 Å². The molecule has 8 atom stereocenters. The molecular formula is C45H46Cl7N3O13S. The lowest BCUT2D eigenvalue weighted by atomic mass is 9.96. The van der Waals surface area contributed by atoms with E-state index in [1.165, 1.54) is 70.3 Å². The van der Waals surface area contributed by atoms with E-state index in [1.807, 2.05) is 0 Å². The van der Waals surface area contributed by atoms with E-state index in [1.54, 1.807) is 48.5 Å². The van der Waals surface area contributed by atoms with Crippen LogP contribution in [-0.4, -0.2) is 110 Å². The molecule has 1 unspecified atom stereocenters. The molecule has 24 heteroatoms. The van der Waals surface area contributed by atoms with Crippen LogP contribution in [0.2, 0.25) is 20.1 Å². The van der Waals surface area contributed by atoms with E-state index in [2.05, 4.69) is 15.8 Å². The van der Waals surface area contributed by atoms with Gasteiger partial charge in [-0.3, -0.25) is 9.59 Å². The Hall–Kier alpha value is -3.82. The van der Waals surface area contributed by atoms with Crippen LogP contribution < -0.4 is 15.4 Å². The van der Waals surface area contributed by atoms with Gasteiger partial charge in [0.05, 0.1) is 34.4 Å². The summed E-state index contributed by atoms with van der Waals surface area (Å²) in [4.78, 5) is 44.7. The van der Waals surface area contributed by atoms with E-state index in [0.717, 1.165) is 0 Å². The number of carbonyl (C=O) groups excluding carboxylic acids is 3. The summed E-state index contributed by atoms with van der Waals surface area (Å²) in [6.07, 6.45) is -8.66. The summed E-state index contributed by atoms with van der Waals surface area (Å²) < 4.78 is 58.0. The fraction of sp³-hybridized carbons (Fsp3) is 0.378. The lowest BCUT2D eigenvalue weighted by Gasteiger charge is -2.44. The normalized spacial score (nSPS) is 19.9. The van der Waals surface area contributed by atoms with Crippen molar-refractivity contribution < 1.29 is 61.2 Å². The molecule has 1 aliphatic heterocycles. The minimum absolute atomic E-state index is 0.0468. The molecule has 374 valence electrons. The van der Waals surface area contributed by atoms with Crippen molar-refractivity contribution in [1.29, 1.82) is 0 Å². The molecule has 1 fully saturated rings. The number of hydrogen-bond acceptors (Lipinski definition) is 14. The highest BCUT2D eigenvalue weighted by atomic mass is 35.6. The summed E-state index contributed by atoms with van der Waals surface area (Å²) in [6, 6.07) is 21.5. The summed E-state index contributed by atoms with van der Waals surface area (Å²) >= 11 is 45.4. The van der Waals surface area contributed by atoms with Crippen molar-refractivity contribution in [3.05, 3.63) is 128 Å². The first kappa shape index (κ1) is 56.1. The van der Waals surface area contributed by atoms with Crippen molar-refractivity contribution in [1.82, 2.24) is 10.6 Å². The molecule has 0 radical (unpaired) electrons. The molecule has 4 aromatic carbocycles. The number of halogens is 7. The maximum Gasteiger partial charge on any atom is 0.328 e. The Bertz CT molecular complexity index is 2520. The Morgan fingerprint density at radius 2 is 1.54 bits per heavy atom. The van der Waals surface area contributed by atoms with Crippen LogP contribution in [0.4, 0.5) is 0 Å². The molecule has 1 heterocycles. The van der Waals surface area contributed by atoms with Crippen molar-refractivity contribution in [2.24, 2.45) is 5.16 Å². The third-order valence-electron chi connectivity index (χ3n) is 10.1. The zero-order valence-corrected chi connectivity index (χ0v) is 43.1. The first-order valence-electron chi connectivity index (χ1n) is 20.7. The first-order valence-corrected chi connectivity index (χ1v) is 25.0. The number of nitrogens with one attached hydrogen (secondary N) is 2. The minimum Gasteiger partial charge on any atom is -0.497 e. The summed E-state index contributed by atoms with van der Waals surface area (Å²) in [5.41, 5.74) is 1.15. The largest absolute Gasteiger partial charge is 0.497 e. The molecule has 4 aromatic rings. The fourth-order valence-corrected chi connectivity index (χ4v) is 9.17. The average Bonchev–Trinajstić information content (AvgIpc) is 3.29. The van der Waals surface area contributed by atoms with Gasteiger partial charge in [0.2, 0.25) is 11.8 Å². The molecular weight excluding hydrogens is 1070 g/mol. The number of rotatable bonds is 20. The number of carbonyl (C=O) groups is 3. The molecule has 5 rings (SSSR count). The van der Waals surface area contributed by atoms with Crippen LogP contribution in [0.1, 0.15) is 43.6 Å². The van der Waals surface area contributed by atoms with Gasteiger partial charge in [0.15, 0.2) is 22.2 Å². The highest BCUT2D eigenvalue weighted by Gasteiger charge is 2.49. The molecule has 1 aliphatic rings. The number of esters is 1. The van der Waals surface area contributed by atoms with Gasteiger partial charge in [0, 0.05) is 28.1 Å². The van der Waals surface area contributed by atoms with E-state index >= 15 is 0 Å². The Labute approximate surface area is 433 Å². The van der Waals surface area contributed by atoms with Crippen LogP contribution in [0.25, 0.3) is 0 Å². The maximum absolute atomic E-state index is 13.5. The van der Waals surface area contributed by atoms with Gasteiger partial charge in [-0.25, -0.2) is 13.2 Å². The molecule has 3 N–H and O–H groups in total. The molecule has 0 aromatic heterocycles. The third-order valence-corrected chi connectivity index (χ3v) is 13.5. The Balaban J connectivity index is 1.38. The van der Waals surface area contributed by atoms with Gasteiger partial charge in [-0.15, -0.1) is 0 Å². The van der Waals surface area contributed by atoms with Crippen LogP contribution in [-0.2, 0) is 59.3 Å². The Morgan fingerprint density at radius 3 is 2.13 bits per heavy atom. The Morgan fingerprint density at radius 1 is 0.899 bits per heavy atom. The number of benzene rings is 4. The molecule has 0 saturated carbocycles. The molecule has 0 bridgehead atoms. The smallest absolute Gasteiger partial charge is 0.328 e. The lowest BCUT2D eigenvalue weighted by Crippen LogP contribution is -2.66. The van der Waals surface area contributed by atoms with E-state index < -0.39 is 105 Å². The van der Waals surface area contributed by atoms with Crippen LogP contribution in [0.3, 0.4) is 0 Å². The molecule has 0 aliphatic carbocycles. The standard InChI is InChI=1S/C45H46Cl7N3O13S/c1-24(42(59)63-17-18-69(60,61)30-13-9-6-10-14-30)53-41(58)25(2)66-40-37(54-26(3)56)43(64-22-27-11-7-5-8-12-27)67-35(38(40)57)23-65-55-44(45(50,51)52)68-39(31-16-15-28(46)19-32(31)47)36-33(48)20-29(62-4)21-34(36)49/h5-16,19-21,24-25,35,37-40,43,57H,17-18,22-23H2,1-4H3,(H,53,58)(H,54,56)/b55-44-/t24-,25+,35+,37+,38+,39?,40+,43-/m0/s1. The van der Waals surface area contributed by atoms with Crippen molar-refractivity contribution in [3.63, 3.8) is 0 Å². The van der Waals surface area contributed by atoms with Gasteiger partial charge in [0.1, 0.15) is 55.5 Å². The zero-order valence-electron chi connectivity index (χ0n) is 37.0. The number of oxime groups is 1. The first-order chi connectivity index (χ1) is 32.6. The van der Waals surface area contributed by atoms with Crippen LogP contribution in [0, 0.1) is 0 Å². The van der Waals surface area contributed by atoms with Crippen molar-refractivity contribution >= 4 is 115 Å². The van der Waals surface area contributed by atoms with Gasteiger partial charge in [-0.2, -0.15) is 0 Å². The van der Waals surface area contributed by atoms with Crippen LogP contribution in [0.5, 0.6) is 5.75 Å². The predicted octanol–water partition coefficient (Wildman–Crippen LogP) is 8.22. The second-order valence-electron chi connectivity index (χ2n) is 15.2. The molecule has 69 heavy (non-hydrogen) atoms. The highest BCUT2D eigenvalue weighted by molar-refractivity contribution is 7.91. The second-order valence-corrected chi connectivity index (χ2v) is 21.2. The average molecular weight is 1120 g/mol. The van der Waals surface area contributed by atoms with E-state index in [9.17, 15) is 27.9 Å². The van der Waals surface area contributed by atoms with Crippen LogP contribution in [0.15, 0.2) is 101 Å². The SMILES string of the molecule is COc1cc(Cl)c(C(O/C(=N\OC[C@H]2O[C@H](OCc3ccccc3)[C@H](NC(C)=O)[C@@H](O[C@H](C)C(=O)N[C@@H](C)C(=O)OCCS(=O)(=O)c3ccccc3)[C@@H]2O)C(Cl)(Cl)Cl)c2ccc(Cl)cc2Cl)c(Cl)c1. The number of alkyl halides is 3. The number of ether oxygens (including phenoxy) is 6. The third kappa shape index (κ3) is 15.8. The lowest BCUT2D eigenvalue weighted by molar-refractivity contribution is -0.285. The molecule has 0 spiro atoms. The van der Waals surface area contributed by atoms with Gasteiger partial charge >= 0.3 is 5.97 Å². The number of methoxy groups -OCH3 is 1. The van der Waals surface area contributed by atoms with Gasteiger partial charge in [0.25, 0.3) is 9.69 Å². The number of hydrogen-bond donors (Lipinski definition) is 3. The molecule has 2 amide bonds. The number of aliphatic hydroxyl groups excluding tert-OH is 1. The molecule has 1 saturated heterocycles. The van der Waals surface area contributed by atoms with Gasteiger partial charge in [-0.05, 0) is 61.0 Å². The summed E-state index contributed by atoms with van der Waals surface area (Å²) in [5.74, 6) is -3.17. The summed E-state index contributed by atoms with van der Waals surface area (Å²) in [5, 5.41) is 21.5. The number of amides is 2. The summed E-state index contributed by atoms with van der Waals surface area (Å²) in [6.45, 7) is 2.72. The van der Waals surface area contributed by atoms with E-state index in [0.29, 0.717) is 16.3 Å².